The fourth-order valence-corrected chi connectivity index (χ4v) is 2.68. The standard InChI is InChI=1S/C16H28O2/c17-16(18)14-8-6-4-2-1-3-5-7-11-15-12-9-10-13-15/h9,12,15H,1-8,10-11,13-14H2,(H,17,18)/t15-/m1/s1. The van der Waals surface area contributed by atoms with Crippen LogP contribution in [0.1, 0.15) is 77.0 Å². The van der Waals surface area contributed by atoms with Crippen LogP contribution in [0.5, 0.6) is 0 Å². The van der Waals surface area contributed by atoms with E-state index in [0.29, 0.717) is 6.42 Å². The average molecular weight is 252 g/mol. The number of hydrogen-bond donors (Lipinski definition) is 1. The van der Waals surface area contributed by atoms with Crippen LogP contribution in [0.4, 0.5) is 0 Å². The van der Waals surface area contributed by atoms with Crippen molar-refractivity contribution in [3.05, 3.63) is 12.2 Å². The monoisotopic (exact) mass is 252 g/mol. The predicted octanol–water partition coefficient (Wildman–Crippen LogP) is 4.94. The van der Waals surface area contributed by atoms with Gasteiger partial charge in [-0.2, -0.15) is 0 Å². The molecule has 0 saturated carbocycles. The SMILES string of the molecule is O=C(O)CCCCCCCCCC[C@@H]1C=CCC1. The molecule has 0 bridgehead atoms. The van der Waals surface area contributed by atoms with Crippen molar-refractivity contribution in [1.29, 1.82) is 0 Å². The van der Waals surface area contributed by atoms with Gasteiger partial charge in [-0.05, 0) is 31.6 Å². The third kappa shape index (κ3) is 8.32. The minimum absolute atomic E-state index is 0.342. The van der Waals surface area contributed by atoms with Gasteiger partial charge in [-0.3, -0.25) is 4.79 Å². The Balaban J connectivity index is 1.73. The van der Waals surface area contributed by atoms with E-state index in [2.05, 4.69) is 12.2 Å². The number of hydrogen-bond acceptors (Lipinski definition) is 1. The van der Waals surface area contributed by atoms with Gasteiger partial charge in [0, 0.05) is 6.42 Å². The van der Waals surface area contributed by atoms with E-state index in [-0.39, 0.29) is 0 Å². The lowest BCUT2D eigenvalue weighted by molar-refractivity contribution is -0.137. The fraction of sp³-hybridized carbons (Fsp3) is 0.812. The molecule has 1 aliphatic carbocycles. The first-order chi connectivity index (χ1) is 8.79. The summed E-state index contributed by atoms with van der Waals surface area (Å²) in [6.07, 6.45) is 19.0. The summed E-state index contributed by atoms with van der Waals surface area (Å²) < 4.78 is 0. The number of carboxylic acid groups (broad SMARTS) is 1. The highest BCUT2D eigenvalue weighted by Crippen LogP contribution is 2.23. The second-order valence-corrected chi connectivity index (χ2v) is 5.53. The molecule has 0 saturated heterocycles. The molecule has 0 aromatic heterocycles. The first-order valence-corrected chi connectivity index (χ1v) is 7.67. The van der Waals surface area contributed by atoms with Gasteiger partial charge in [-0.15, -0.1) is 0 Å². The maximum atomic E-state index is 10.3. The Morgan fingerprint density at radius 2 is 1.61 bits per heavy atom. The van der Waals surface area contributed by atoms with Crippen LogP contribution in [0.25, 0.3) is 0 Å². The molecule has 0 aliphatic heterocycles. The zero-order chi connectivity index (χ0) is 13.1. The van der Waals surface area contributed by atoms with E-state index in [1.54, 1.807) is 0 Å². The molecule has 104 valence electrons. The largest absolute Gasteiger partial charge is 0.481 e. The molecule has 2 heteroatoms. The normalized spacial score (nSPS) is 18.3. The van der Waals surface area contributed by atoms with Gasteiger partial charge in [0.25, 0.3) is 0 Å². The van der Waals surface area contributed by atoms with Gasteiger partial charge in [0.05, 0.1) is 0 Å². The van der Waals surface area contributed by atoms with E-state index in [0.717, 1.165) is 18.8 Å². The summed E-state index contributed by atoms with van der Waals surface area (Å²) in [5, 5.41) is 8.50. The van der Waals surface area contributed by atoms with Crippen molar-refractivity contribution in [3.63, 3.8) is 0 Å². The molecule has 0 spiro atoms. The minimum atomic E-state index is -0.657. The third-order valence-electron chi connectivity index (χ3n) is 3.83. The Morgan fingerprint density at radius 1 is 1.00 bits per heavy atom. The Labute approximate surface area is 111 Å². The number of carbonyl (C=O) groups is 1. The van der Waals surface area contributed by atoms with E-state index < -0.39 is 5.97 Å². The molecule has 0 amide bonds. The smallest absolute Gasteiger partial charge is 0.303 e. The van der Waals surface area contributed by atoms with E-state index >= 15 is 0 Å². The van der Waals surface area contributed by atoms with Crippen LogP contribution in [0.3, 0.4) is 0 Å². The van der Waals surface area contributed by atoms with Crippen molar-refractivity contribution in [2.75, 3.05) is 0 Å². The van der Waals surface area contributed by atoms with Crippen molar-refractivity contribution in [1.82, 2.24) is 0 Å². The summed E-state index contributed by atoms with van der Waals surface area (Å²) in [4.78, 5) is 10.3. The summed E-state index contributed by atoms with van der Waals surface area (Å²) in [5.41, 5.74) is 0. The van der Waals surface area contributed by atoms with Gasteiger partial charge in [-0.1, -0.05) is 57.1 Å². The number of unbranched alkanes of at least 4 members (excludes halogenated alkanes) is 7. The Kier molecular flexibility index (Phi) is 8.62. The van der Waals surface area contributed by atoms with E-state index in [4.69, 9.17) is 5.11 Å². The van der Waals surface area contributed by atoms with Gasteiger partial charge in [0.2, 0.25) is 0 Å². The number of rotatable bonds is 11. The van der Waals surface area contributed by atoms with Gasteiger partial charge in [0.15, 0.2) is 0 Å². The third-order valence-corrected chi connectivity index (χ3v) is 3.83. The van der Waals surface area contributed by atoms with Gasteiger partial charge < -0.3 is 5.11 Å². The Hall–Kier alpha value is -0.790. The van der Waals surface area contributed by atoms with Gasteiger partial charge in [-0.25, -0.2) is 0 Å². The van der Waals surface area contributed by atoms with Gasteiger partial charge >= 0.3 is 5.97 Å². The van der Waals surface area contributed by atoms with Crippen molar-refractivity contribution in [3.8, 4) is 0 Å². The number of carboxylic acids is 1. The molecule has 0 radical (unpaired) electrons. The quantitative estimate of drug-likeness (QED) is 0.418. The lowest BCUT2D eigenvalue weighted by Gasteiger charge is -2.06. The lowest BCUT2D eigenvalue weighted by Crippen LogP contribution is -1.93. The minimum Gasteiger partial charge on any atom is -0.481 e. The summed E-state index contributed by atoms with van der Waals surface area (Å²) >= 11 is 0. The first kappa shape index (κ1) is 15.3. The molecule has 1 rings (SSSR count). The van der Waals surface area contributed by atoms with Crippen LogP contribution in [-0.4, -0.2) is 11.1 Å². The van der Waals surface area contributed by atoms with E-state index in [9.17, 15) is 4.79 Å². The highest BCUT2D eigenvalue weighted by molar-refractivity contribution is 5.66. The van der Waals surface area contributed by atoms with Crippen LogP contribution in [-0.2, 0) is 4.79 Å². The molecular weight excluding hydrogens is 224 g/mol. The van der Waals surface area contributed by atoms with Crippen molar-refractivity contribution < 1.29 is 9.90 Å². The molecular formula is C16H28O2. The van der Waals surface area contributed by atoms with Crippen molar-refractivity contribution in [2.24, 2.45) is 5.92 Å². The summed E-state index contributed by atoms with van der Waals surface area (Å²) in [6, 6.07) is 0. The fourth-order valence-electron chi connectivity index (χ4n) is 2.68. The summed E-state index contributed by atoms with van der Waals surface area (Å²) in [6.45, 7) is 0. The highest BCUT2D eigenvalue weighted by atomic mass is 16.4. The van der Waals surface area contributed by atoms with E-state index in [1.165, 1.54) is 57.8 Å². The Morgan fingerprint density at radius 3 is 2.17 bits per heavy atom. The van der Waals surface area contributed by atoms with Crippen molar-refractivity contribution >= 4 is 5.97 Å². The Bertz CT molecular complexity index is 245. The predicted molar refractivity (Wildman–Crippen MR) is 75.7 cm³/mol. The summed E-state index contributed by atoms with van der Waals surface area (Å²) in [7, 11) is 0. The van der Waals surface area contributed by atoms with Crippen LogP contribution >= 0.6 is 0 Å². The highest BCUT2D eigenvalue weighted by Gasteiger charge is 2.07. The first-order valence-electron chi connectivity index (χ1n) is 7.67. The molecule has 1 N–H and O–H groups in total. The maximum Gasteiger partial charge on any atom is 0.303 e. The van der Waals surface area contributed by atoms with Crippen LogP contribution in [0, 0.1) is 5.92 Å². The lowest BCUT2D eigenvalue weighted by atomic mass is 9.99. The molecule has 18 heavy (non-hydrogen) atoms. The second kappa shape index (κ2) is 10.2. The summed E-state index contributed by atoms with van der Waals surface area (Å²) in [5.74, 6) is 0.219. The zero-order valence-corrected chi connectivity index (χ0v) is 11.6. The van der Waals surface area contributed by atoms with Crippen LogP contribution in [0.15, 0.2) is 12.2 Å². The number of allylic oxidation sites excluding steroid dienone is 2. The molecule has 2 nitrogen and oxygen atoms in total. The maximum absolute atomic E-state index is 10.3. The molecule has 0 fully saturated rings. The van der Waals surface area contributed by atoms with Gasteiger partial charge in [0.1, 0.15) is 0 Å². The number of aliphatic carboxylic acids is 1. The molecule has 0 aromatic rings. The van der Waals surface area contributed by atoms with Crippen molar-refractivity contribution in [2.45, 2.75) is 77.0 Å². The van der Waals surface area contributed by atoms with E-state index in [1.807, 2.05) is 0 Å². The van der Waals surface area contributed by atoms with Crippen LogP contribution < -0.4 is 0 Å². The van der Waals surface area contributed by atoms with Crippen LogP contribution in [0.2, 0.25) is 0 Å². The topological polar surface area (TPSA) is 37.3 Å². The second-order valence-electron chi connectivity index (χ2n) is 5.53. The average Bonchev–Trinajstić information content (AvgIpc) is 2.84. The molecule has 1 aliphatic rings. The molecule has 0 unspecified atom stereocenters. The molecule has 0 aromatic carbocycles. The molecule has 1 atom stereocenters. The molecule has 0 heterocycles. The zero-order valence-electron chi connectivity index (χ0n) is 11.6.